The van der Waals surface area contributed by atoms with E-state index in [-0.39, 0.29) is 5.25 Å². The summed E-state index contributed by atoms with van der Waals surface area (Å²) in [5.41, 5.74) is 5.74. The summed E-state index contributed by atoms with van der Waals surface area (Å²) in [5, 5.41) is 0.869. The van der Waals surface area contributed by atoms with Crippen molar-refractivity contribution in [2.24, 2.45) is 5.73 Å². The van der Waals surface area contributed by atoms with Gasteiger partial charge >= 0.3 is 0 Å². The van der Waals surface area contributed by atoms with Crippen LogP contribution in [-0.4, -0.2) is 6.54 Å². The van der Waals surface area contributed by atoms with Gasteiger partial charge < -0.3 is 10.2 Å². The van der Waals surface area contributed by atoms with Crippen molar-refractivity contribution in [3.63, 3.8) is 0 Å². The number of hydrogen-bond donors (Lipinski definition) is 1. The van der Waals surface area contributed by atoms with Crippen LogP contribution in [0.5, 0.6) is 0 Å². The Morgan fingerprint density at radius 3 is 2.81 bits per heavy atom. The Balaban J connectivity index is 2.13. The molecule has 2 aromatic rings. The fourth-order valence-corrected chi connectivity index (χ4v) is 2.68. The largest absolute Gasteiger partial charge is 0.468 e. The molecule has 2 rings (SSSR count). The minimum absolute atomic E-state index is 0.133. The summed E-state index contributed by atoms with van der Waals surface area (Å²) in [7, 11) is 0. The number of furan rings is 1. The SMILES string of the molecule is NCC(Sc1cccc(Cl)c1)c1ccco1. The van der Waals surface area contributed by atoms with Crippen molar-refractivity contribution >= 4 is 23.4 Å². The molecule has 0 bridgehead atoms. The minimum Gasteiger partial charge on any atom is -0.468 e. The first-order valence-electron chi connectivity index (χ1n) is 4.95. The zero-order valence-electron chi connectivity index (χ0n) is 8.60. The lowest BCUT2D eigenvalue weighted by Gasteiger charge is -2.11. The molecule has 1 aromatic carbocycles. The predicted molar refractivity (Wildman–Crippen MR) is 67.8 cm³/mol. The van der Waals surface area contributed by atoms with Crippen molar-refractivity contribution in [2.75, 3.05) is 6.54 Å². The molecule has 2 N–H and O–H groups in total. The Morgan fingerprint density at radius 1 is 1.31 bits per heavy atom. The molecule has 0 aliphatic carbocycles. The van der Waals surface area contributed by atoms with Gasteiger partial charge in [0.15, 0.2) is 0 Å². The molecule has 0 saturated heterocycles. The molecule has 84 valence electrons. The molecule has 2 nitrogen and oxygen atoms in total. The van der Waals surface area contributed by atoms with E-state index in [4.69, 9.17) is 21.8 Å². The first-order chi connectivity index (χ1) is 7.79. The van der Waals surface area contributed by atoms with E-state index in [0.29, 0.717) is 6.54 Å². The predicted octanol–water partition coefficient (Wildman–Crippen LogP) is 3.73. The molecule has 0 radical (unpaired) electrons. The fraction of sp³-hybridized carbons (Fsp3) is 0.167. The number of hydrogen-bond acceptors (Lipinski definition) is 3. The maximum absolute atomic E-state index is 5.93. The third-order valence-corrected chi connectivity index (χ3v) is 3.62. The summed E-state index contributed by atoms with van der Waals surface area (Å²) in [6.07, 6.45) is 1.66. The Bertz CT molecular complexity index is 444. The summed E-state index contributed by atoms with van der Waals surface area (Å²) < 4.78 is 5.36. The smallest absolute Gasteiger partial charge is 0.118 e. The second kappa shape index (κ2) is 5.43. The molecule has 1 aromatic heterocycles. The van der Waals surface area contributed by atoms with E-state index in [1.54, 1.807) is 18.0 Å². The van der Waals surface area contributed by atoms with Gasteiger partial charge in [-0.05, 0) is 30.3 Å². The van der Waals surface area contributed by atoms with Crippen LogP contribution in [0.3, 0.4) is 0 Å². The van der Waals surface area contributed by atoms with Crippen molar-refractivity contribution in [2.45, 2.75) is 10.1 Å². The highest BCUT2D eigenvalue weighted by molar-refractivity contribution is 7.99. The second-order valence-electron chi connectivity index (χ2n) is 3.31. The molecule has 0 aliphatic rings. The van der Waals surface area contributed by atoms with Gasteiger partial charge in [0, 0.05) is 16.5 Å². The van der Waals surface area contributed by atoms with E-state index in [0.717, 1.165) is 15.7 Å². The summed E-state index contributed by atoms with van der Waals surface area (Å²) in [6.45, 7) is 0.532. The fourth-order valence-electron chi connectivity index (χ4n) is 1.40. The van der Waals surface area contributed by atoms with Crippen LogP contribution >= 0.6 is 23.4 Å². The Morgan fingerprint density at radius 2 is 2.19 bits per heavy atom. The van der Waals surface area contributed by atoms with Crippen LogP contribution in [-0.2, 0) is 0 Å². The van der Waals surface area contributed by atoms with Gasteiger partial charge in [0.25, 0.3) is 0 Å². The van der Waals surface area contributed by atoms with Crippen molar-refractivity contribution in [1.82, 2.24) is 0 Å². The molecular weight excluding hydrogens is 242 g/mol. The van der Waals surface area contributed by atoms with Gasteiger partial charge in [-0.15, -0.1) is 11.8 Å². The van der Waals surface area contributed by atoms with Crippen molar-refractivity contribution in [3.05, 3.63) is 53.4 Å². The average Bonchev–Trinajstić information content (AvgIpc) is 2.79. The number of nitrogens with two attached hydrogens (primary N) is 1. The topological polar surface area (TPSA) is 39.2 Å². The van der Waals surface area contributed by atoms with E-state index in [2.05, 4.69) is 0 Å². The molecule has 0 fully saturated rings. The lowest BCUT2D eigenvalue weighted by molar-refractivity contribution is 0.507. The van der Waals surface area contributed by atoms with Crippen LogP contribution in [0.25, 0.3) is 0 Å². The number of thioether (sulfide) groups is 1. The molecule has 4 heteroatoms. The molecule has 0 saturated carbocycles. The molecular formula is C12H12ClNOS. The quantitative estimate of drug-likeness (QED) is 0.844. The summed E-state index contributed by atoms with van der Waals surface area (Å²) >= 11 is 7.59. The maximum atomic E-state index is 5.93. The Hall–Kier alpha value is -0.900. The lowest BCUT2D eigenvalue weighted by Crippen LogP contribution is -2.08. The van der Waals surface area contributed by atoms with Gasteiger partial charge in [-0.2, -0.15) is 0 Å². The second-order valence-corrected chi connectivity index (χ2v) is 5.03. The number of rotatable bonds is 4. The van der Waals surface area contributed by atoms with Crippen LogP contribution in [0, 0.1) is 0 Å². The van der Waals surface area contributed by atoms with Gasteiger partial charge in [0.2, 0.25) is 0 Å². The number of benzene rings is 1. The third kappa shape index (κ3) is 2.82. The van der Waals surface area contributed by atoms with Gasteiger partial charge in [0.05, 0.1) is 11.5 Å². The van der Waals surface area contributed by atoms with Crippen molar-refractivity contribution in [3.8, 4) is 0 Å². The van der Waals surface area contributed by atoms with Crippen LogP contribution in [0.1, 0.15) is 11.0 Å². The monoisotopic (exact) mass is 253 g/mol. The zero-order valence-corrected chi connectivity index (χ0v) is 10.2. The van der Waals surface area contributed by atoms with Crippen molar-refractivity contribution < 1.29 is 4.42 Å². The van der Waals surface area contributed by atoms with Crippen LogP contribution in [0.15, 0.2) is 52.0 Å². The maximum Gasteiger partial charge on any atom is 0.118 e. The molecule has 16 heavy (non-hydrogen) atoms. The zero-order chi connectivity index (χ0) is 11.4. The minimum atomic E-state index is 0.133. The standard InChI is InChI=1S/C12H12ClNOS/c13-9-3-1-4-10(7-9)16-12(8-14)11-5-2-6-15-11/h1-7,12H,8,14H2. The third-order valence-electron chi connectivity index (χ3n) is 2.15. The highest BCUT2D eigenvalue weighted by Gasteiger charge is 2.13. The molecule has 1 unspecified atom stereocenters. The van der Waals surface area contributed by atoms with Crippen LogP contribution in [0.4, 0.5) is 0 Å². The molecule has 0 aliphatic heterocycles. The summed E-state index contributed by atoms with van der Waals surface area (Å²) in [6, 6.07) is 11.5. The summed E-state index contributed by atoms with van der Waals surface area (Å²) in [4.78, 5) is 1.10. The van der Waals surface area contributed by atoms with Gasteiger partial charge in [-0.1, -0.05) is 17.7 Å². The van der Waals surface area contributed by atoms with Crippen molar-refractivity contribution in [1.29, 1.82) is 0 Å². The van der Waals surface area contributed by atoms with Crippen LogP contribution in [0.2, 0.25) is 5.02 Å². The summed E-state index contributed by atoms with van der Waals surface area (Å²) in [5.74, 6) is 0.896. The van der Waals surface area contributed by atoms with Gasteiger partial charge in [-0.25, -0.2) is 0 Å². The van der Waals surface area contributed by atoms with Gasteiger partial charge in [-0.3, -0.25) is 0 Å². The highest BCUT2D eigenvalue weighted by atomic mass is 35.5. The number of halogens is 1. The average molecular weight is 254 g/mol. The Kier molecular flexibility index (Phi) is 3.93. The highest BCUT2D eigenvalue weighted by Crippen LogP contribution is 2.35. The first-order valence-corrected chi connectivity index (χ1v) is 6.21. The first kappa shape index (κ1) is 11.6. The van der Waals surface area contributed by atoms with E-state index < -0.39 is 0 Å². The molecule has 1 heterocycles. The molecule has 0 amide bonds. The molecule has 0 spiro atoms. The molecule has 1 atom stereocenters. The van der Waals surface area contributed by atoms with Gasteiger partial charge in [0.1, 0.15) is 5.76 Å². The van der Waals surface area contributed by atoms with E-state index >= 15 is 0 Å². The lowest BCUT2D eigenvalue weighted by atomic mass is 10.3. The van der Waals surface area contributed by atoms with E-state index in [9.17, 15) is 0 Å². The van der Waals surface area contributed by atoms with Crippen LogP contribution < -0.4 is 5.73 Å². The Labute approximate surface area is 104 Å². The van der Waals surface area contributed by atoms with E-state index in [1.807, 2.05) is 36.4 Å². The van der Waals surface area contributed by atoms with E-state index in [1.165, 1.54) is 0 Å². The normalized spacial score (nSPS) is 12.6.